The van der Waals surface area contributed by atoms with E-state index in [1.54, 1.807) is 0 Å². The number of carboxylic acid groups (broad SMARTS) is 1. The van der Waals surface area contributed by atoms with E-state index in [2.05, 4.69) is 29.6 Å². The van der Waals surface area contributed by atoms with Crippen molar-refractivity contribution in [3.8, 4) is 11.1 Å². The van der Waals surface area contributed by atoms with Crippen LogP contribution >= 0.6 is 0 Å². The fourth-order valence-electron chi connectivity index (χ4n) is 5.55. The van der Waals surface area contributed by atoms with Gasteiger partial charge in [-0.3, -0.25) is 14.5 Å². The standard InChI is InChI=1S/C27H31N3O5/c31-25(30-11-9-29(10-12-30)16-26(32)33)15-18-13-19(14-18)28-27(34)35-17-24-22-7-3-1-5-20(22)21-6-2-4-8-23(21)24/h1-8,18-19,24H,9-17H2,(H,28,34)(H,32,33). The van der Waals surface area contributed by atoms with Crippen molar-refractivity contribution in [2.45, 2.75) is 31.2 Å². The van der Waals surface area contributed by atoms with Gasteiger partial charge in [0.15, 0.2) is 0 Å². The highest BCUT2D eigenvalue weighted by molar-refractivity contribution is 5.79. The van der Waals surface area contributed by atoms with Crippen LogP contribution in [0.4, 0.5) is 4.79 Å². The van der Waals surface area contributed by atoms with Crippen LogP contribution in [0.25, 0.3) is 11.1 Å². The van der Waals surface area contributed by atoms with E-state index in [-0.39, 0.29) is 30.3 Å². The number of amides is 2. The number of carbonyl (C=O) groups is 3. The Morgan fingerprint density at radius 3 is 2.11 bits per heavy atom. The predicted octanol–water partition coefficient (Wildman–Crippen LogP) is 2.92. The highest BCUT2D eigenvalue weighted by Crippen LogP contribution is 2.44. The molecule has 1 aliphatic heterocycles. The monoisotopic (exact) mass is 477 g/mol. The number of carbonyl (C=O) groups excluding carboxylic acids is 2. The Labute approximate surface area is 204 Å². The molecule has 8 heteroatoms. The molecule has 1 heterocycles. The number of hydrogen-bond donors (Lipinski definition) is 2. The normalized spacial score (nSPS) is 21.5. The Bertz CT molecular complexity index is 1060. The lowest BCUT2D eigenvalue weighted by molar-refractivity contribution is -0.139. The zero-order chi connectivity index (χ0) is 24.4. The Morgan fingerprint density at radius 2 is 1.51 bits per heavy atom. The van der Waals surface area contributed by atoms with Gasteiger partial charge >= 0.3 is 12.1 Å². The second kappa shape index (κ2) is 10.1. The van der Waals surface area contributed by atoms with Gasteiger partial charge in [0, 0.05) is 44.6 Å². The number of ether oxygens (including phenoxy) is 1. The molecule has 0 radical (unpaired) electrons. The van der Waals surface area contributed by atoms with Crippen molar-refractivity contribution in [2.75, 3.05) is 39.3 Å². The largest absolute Gasteiger partial charge is 0.480 e. The van der Waals surface area contributed by atoms with Crippen LogP contribution in [0.2, 0.25) is 0 Å². The molecule has 0 bridgehead atoms. The molecule has 3 aliphatic rings. The highest BCUT2D eigenvalue weighted by Gasteiger charge is 2.34. The van der Waals surface area contributed by atoms with E-state index in [9.17, 15) is 14.4 Å². The summed E-state index contributed by atoms with van der Waals surface area (Å²) in [6, 6.07) is 16.6. The van der Waals surface area contributed by atoms with Crippen LogP contribution in [0.15, 0.2) is 48.5 Å². The number of fused-ring (bicyclic) bond motifs is 3. The number of piperazine rings is 1. The third kappa shape index (κ3) is 5.17. The minimum atomic E-state index is -0.839. The summed E-state index contributed by atoms with van der Waals surface area (Å²) in [6.07, 6.45) is 1.61. The number of rotatable bonds is 7. The molecule has 184 valence electrons. The Morgan fingerprint density at radius 1 is 0.914 bits per heavy atom. The summed E-state index contributed by atoms with van der Waals surface area (Å²) in [5.41, 5.74) is 4.78. The molecular weight excluding hydrogens is 446 g/mol. The van der Waals surface area contributed by atoms with E-state index in [4.69, 9.17) is 9.84 Å². The van der Waals surface area contributed by atoms with Crippen LogP contribution in [0, 0.1) is 5.92 Å². The lowest BCUT2D eigenvalue weighted by Gasteiger charge is -2.38. The topological polar surface area (TPSA) is 99.2 Å². The maximum atomic E-state index is 12.6. The number of nitrogens with one attached hydrogen (secondary N) is 1. The van der Waals surface area contributed by atoms with Gasteiger partial charge in [0.05, 0.1) is 6.54 Å². The van der Waals surface area contributed by atoms with Crippen molar-refractivity contribution in [1.82, 2.24) is 15.1 Å². The summed E-state index contributed by atoms with van der Waals surface area (Å²) in [4.78, 5) is 39.5. The van der Waals surface area contributed by atoms with Gasteiger partial charge in [0.2, 0.25) is 5.91 Å². The first kappa shape index (κ1) is 23.4. The van der Waals surface area contributed by atoms with Gasteiger partial charge in [-0.1, -0.05) is 48.5 Å². The van der Waals surface area contributed by atoms with Gasteiger partial charge in [0.1, 0.15) is 6.61 Å². The second-order valence-corrected chi connectivity index (χ2v) is 9.76. The number of alkyl carbamates (subject to hydrolysis) is 1. The third-order valence-electron chi connectivity index (χ3n) is 7.45. The van der Waals surface area contributed by atoms with Gasteiger partial charge in [-0.2, -0.15) is 0 Å². The van der Waals surface area contributed by atoms with Crippen molar-refractivity contribution in [3.05, 3.63) is 59.7 Å². The number of carboxylic acids is 1. The summed E-state index contributed by atoms with van der Waals surface area (Å²) in [6.45, 7) is 2.64. The lowest BCUT2D eigenvalue weighted by Crippen LogP contribution is -2.51. The Balaban J connectivity index is 1.04. The van der Waals surface area contributed by atoms with Gasteiger partial charge in [-0.25, -0.2) is 4.79 Å². The molecule has 35 heavy (non-hydrogen) atoms. The van der Waals surface area contributed by atoms with E-state index in [0.717, 1.165) is 12.8 Å². The molecule has 2 fully saturated rings. The quantitative estimate of drug-likeness (QED) is 0.636. The first-order valence-corrected chi connectivity index (χ1v) is 12.3. The summed E-state index contributed by atoms with van der Waals surface area (Å²) in [7, 11) is 0. The van der Waals surface area contributed by atoms with Crippen molar-refractivity contribution in [1.29, 1.82) is 0 Å². The van der Waals surface area contributed by atoms with Gasteiger partial charge < -0.3 is 20.1 Å². The van der Waals surface area contributed by atoms with Gasteiger partial charge in [-0.05, 0) is 41.0 Å². The van der Waals surface area contributed by atoms with Crippen molar-refractivity contribution < 1.29 is 24.2 Å². The molecule has 2 aromatic carbocycles. The Hall–Kier alpha value is -3.39. The lowest BCUT2D eigenvalue weighted by atomic mass is 9.78. The summed E-state index contributed by atoms with van der Waals surface area (Å²) < 4.78 is 5.62. The molecule has 0 unspecified atom stereocenters. The number of benzene rings is 2. The molecule has 8 nitrogen and oxygen atoms in total. The number of hydrogen-bond acceptors (Lipinski definition) is 5. The molecule has 2 aromatic rings. The Kier molecular flexibility index (Phi) is 6.72. The highest BCUT2D eigenvalue weighted by atomic mass is 16.5. The average molecular weight is 478 g/mol. The van der Waals surface area contributed by atoms with E-state index in [1.807, 2.05) is 34.1 Å². The van der Waals surface area contributed by atoms with Crippen molar-refractivity contribution in [3.63, 3.8) is 0 Å². The third-order valence-corrected chi connectivity index (χ3v) is 7.45. The number of nitrogens with zero attached hydrogens (tertiary/aromatic N) is 2. The fraction of sp³-hybridized carbons (Fsp3) is 0.444. The minimum Gasteiger partial charge on any atom is -0.480 e. The average Bonchev–Trinajstić information content (AvgIpc) is 3.15. The first-order valence-electron chi connectivity index (χ1n) is 12.3. The molecule has 5 rings (SSSR count). The van der Waals surface area contributed by atoms with E-state index in [0.29, 0.717) is 39.2 Å². The van der Waals surface area contributed by atoms with Crippen LogP contribution in [0.1, 0.15) is 36.3 Å². The zero-order valence-corrected chi connectivity index (χ0v) is 19.7. The maximum absolute atomic E-state index is 12.6. The molecule has 1 saturated carbocycles. The summed E-state index contributed by atoms with van der Waals surface area (Å²) in [5, 5.41) is 11.8. The maximum Gasteiger partial charge on any atom is 0.407 e. The molecule has 2 amide bonds. The minimum absolute atomic E-state index is 0.0217. The zero-order valence-electron chi connectivity index (χ0n) is 19.7. The van der Waals surface area contributed by atoms with E-state index >= 15 is 0 Å². The molecule has 1 saturated heterocycles. The molecule has 2 aliphatic carbocycles. The van der Waals surface area contributed by atoms with Crippen molar-refractivity contribution >= 4 is 18.0 Å². The molecule has 0 spiro atoms. The van der Waals surface area contributed by atoms with E-state index < -0.39 is 12.1 Å². The fourth-order valence-corrected chi connectivity index (χ4v) is 5.55. The summed E-state index contributed by atoms with van der Waals surface area (Å²) in [5.74, 6) is -0.423. The van der Waals surface area contributed by atoms with Crippen LogP contribution in [0.5, 0.6) is 0 Å². The second-order valence-electron chi connectivity index (χ2n) is 9.76. The van der Waals surface area contributed by atoms with Crippen LogP contribution in [-0.4, -0.2) is 78.2 Å². The smallest absolute Gasteiger partial charge is 0.407 e. The molecule has 0 aromatic heterocycles. The van der Waals surface area contributed by atoms with Crippen molar-refractivity contribution in [2.24, 2.45) is 5.92 Å². The van der Waals surface area contributed by atoms with Crippen LogP contribution in [0.3, 0.4) is 0 Å². The first-order chi connectivity index (χ1) is 17.0. The predicted molar refractivity (Wildman–Crippen MR) is 130 cm³/mol. The van der Waals surface area contributed by atoms with E-state index in [1.165, 1.54) is 22.3 Å². The SMILES string of the molecule is O=C(O)CN1CCN(C(=O)CC2CC(NC(=O)OCC3c4ccccc4-c4ccccc43)C2)CC1. The van der Waals surface area contributed by atoms with Crippen LogP contribution < -0.4 is 5.32 Å². The van der Waals surface area contributed by atoms with Crippen LogP contribution in [-0.2, 0) is 14.3 Å². The molecule has 2 N–H and O–H groups in total. The molecule has 0 atom stereocenters. The number of aliphatic carboxylic acids is 1. The summed E-state index contributed by atoms with van der Waals surface area (Å²) >= 11 is 0. The van der Waals surface area contributed by atoms with Gasteiger partial charge in [-0.15, -0.1) is 0 Å². The molecular formula is C27H31N3O5. The van der Waals surface area contributed by atoms with Gasteiger partial charge in [0.25, 0.3) is 0 Å².